The van der Waals surface area contributed by atoms with Crippen LogP contribution in [0.3, 0.4) is 0 Å². The minimum Gasteiger partial charge on any atom is -0.481 e. The number of hydrogen-bond donors (Lipinski definition) is 3. The van der Waals surface area contributed by atoms with E-state index in [9.17, 15) is 14.4 Å². The Balaban J connectivity index is 1.52. The molecule has 2 amide bonds. The van der Waals surface area contributed by atoms with Crippen molar-refractivity contribution < 1.29 is 29.0 Å². The number of carboxylic acid groups (broad SMARTS) is 1. The average molecular weight is 455 g/mol. The van der Waals surface area contributed by atoms with Gasteiger partial charge in [0.15, 0.2) is 0 Å². The fourth-order valence-corrected chi connectivity index (χ4v) is 4.08. The highest BCUT2D eigenvalue weighted by atomic mass is 16.5. The normalized spacial score (nSPS) is 13.5. The lowest BCUT2D eigenvalue weighted by Crippen LogP contribution is -2.48. The van der Waals surface area contributed by atoms with Gasteiger partial charge in [-0.05, 0) is 36.1 Å². The van der Waals surface area contributed by atoms with Gasteiger partial charge in [0, 0.05) is 31.5 Å². The summed E-state index contributed by atoms with van der Waals surface area (Å²) in [6, 6.07) is 16.2. The number of amides is 2. The van der Waals surface area contributed by atoms with Crippen molar-refractivity contribution in [1.29, 1.82) is 0 Å². The Labute approximate surface area is 193 Å². The summed E-state index contributed by atoms with van der Waals surface area (Å²) >= 11 is 0. The molecule has 1 atom stereocenters. The lowest BCUT2D eigenvalue weighted by Gasteiger charge is -2.26. The second-order valence-electron chi connectivity index (χ2n) is 8.77. The summed E-state index contributed by atoms with van der Waals surface area (Å²) in [5, 5.41) is 14.2. The molecule has 0 fully saturated rings. The molecule has 1 aliphatic carbocycles. The van der Waals surface area contributed by atoms with E-state index in [1.54, 1.807) is 13.8 Å². The van der Waals surface area contributed by atoms with E-state index in [1.807, 2.05) is 36.4 Å². The largest absolute Gasteiger partial charge is 0.481 e. The number of carboxylic acids is 1. The third-order valence-corrected chi connectivity index (χ3v) is 5.65. The van der Waals surface area contributed by atoms with Gasteiger partial charge in [-0.1, -0.05) is 48.5 Å². The fourth-order valence-electron chi connectivity index (χ4n) is 4.08. The van der Waals surface area contributed by atoms with E-state index in [4.69, 9.17) is 14.6 Å². The molecule has 2 aromatic carbocycles. The van der Waals surface area contributed by atoms with Gasteiger partial charge in [-0.3, -0.25) is 9.59 Å². The van der Waals surface area contributed by atoms with Crippen molar-refractivity contribution in [1.82, 2.24) is 10.6 Å². The second-order valence-corrected chi connectivity index (χ2v) is 8.77. The van der Waals surface area contributed by atoms with E-state index >= 15 is 0 Å². The van der Waals surface area contributed by atoms with Gasteiger partial charge in [0.2, 0.25) is 5.91 Å². The Hall–Kier alpha value is -3.39. The molecule has 0 spiro atoms. The van der Waals surface area contributed by atoms with Crippen molar-refractivity contribution in [2.24, 2.45) is 0 Å². The molecule has 0 aliphatic heterocycles. The van der Waals surface area contributed by atoms with E-state index in [1.165, 1.54) is 7.11 Å². The van der Waals surface area contributed by atoms with Crippen molar-refractivity contribution >= 4 is 18.0 Å². The Bertz CT molecular complexity index is 974. The lowest BCUT2D eigenvalue weighted by molar-refractivity contribution is -0.140. The van der Waals surface area contributed by atoms with Crippen LogP contribution in [0.1, 0.15) is 43.7 Å². The number of aliphatic carboxylic acids is 1. The third kappa shape index (κ3) is 6.32. The van der Waals surface area contributed by atoms with Crippen LogP contribution in [0.4, 0.5) is 4.79 Å². The Morgan fingerprint density at radius 3 is 2.15 bits per heavy atom. The molecule has 33 heavy (non-hydrogen) atoms. The van der Waals surface area contributed by atoms with Crippen LogP contribution in [0, 0.1) is 0 Å². The zero-order valence-corrected chi connectivity index (χ0v) is 19.1. The maximum Gasteiger partial charge on any atom is 0.407 e. The Morgan fingerprint density at radius 1 is 1.03 bits per heavy atom. The number of rotatable bonds is 10. The first-order valence-corrected chi connectivity index (χ1v) is 10.8. The molecule has 8 nitrogen and oxygen atoms in total. The third-order valence-electron chi connectivity index (χ3n) is 5.65. The molecule has 0 aromatic heterocycles. The first-order chi connectivity index (χ1) is 15.7. The van der Waals surface area contributed by atoms with Crippen molar-refractivity contribution in [2.45, 2.75) is 44.2 Å². The zero-order valence-electron chi connectivity index (χ0n) is 19.1. The predicted octanol–water partition coefficient (Wildman–Crippen LogP) is 3.30. The minimum absolute atomic E-state index is 0.000696. The highest BCUT2D eigenvalue weighted by Crippen LogP contribution is 2.44. The molecular formula is C25H30N2O6. The van der Waals surface area contributed by atoms with Crippen LogP contribution in [-0.2, 0) is 19.1 Å². The van der Waals surface area contributed by atoms with Crippen LogP contribution < -0.4 is 10.6 Å². The number of hydrogen-bond acceptors (Lipinski definition) is 5. The van der Waals surface area contributed by atoms with E-state index in [2.05, 4.69) is 22.8 Å². The molecule has 176 valence electrons. The van der Waals surface area contributed by atoms with Gasteiger partial charge < -0.3 is 25.2 Å². The highest BCUT2D eigenvalue weighted by Gasteiger charge is 2.30. The number of fused-ring (bicyclic) bond motifs is 3. The van der Waals surface area contributed by atoms with E-state index < -0.39 is 23.7 Å². The quantitative estimate of drug-likeness (QED) is 0.508. The van der Waals surface area contributed by atoms with Crippen LogP contribution >= 0.6 is 0 Å². The van der Waals surface area contributed by atoms with Gasteiger partial charge in [-0.2, -0.15) is 0 Å². The summed E-state index contributed by atoms with van der Waals surface area (Å²) in [6.45, 7) is 3.70. The van der Waals surface area contributed by atoms with Crippen LogP contribution in [0.15, 0.2) is 48.5 Å². The van der Waals surface area contributed by atoms with Gasteiger partial charge in [0.1, 0.15) is 6.61 Å². The summed E-state index contributed by atoms with van der Waals surface area (Å²) in [5.74, 6) is -1.38. The molecule has 1 aliphatic rings. The number of carbonyl (C=O) groups excluding carboxylic acids is 2. The monoisotopic (exact) mass is 454 g/mol. The molecule has 0 saturated heterocycles. The summed E-state index contributed by atoms with van der Waals surface area (Å²) in [4.78, 5) is 35.6. The Morgan fingerprint density at radius 2 is 1.61 bits per heavy atom. The van der Waals surface area contributed by atoms with Crippen LogP contribution in [0.2, 0.25) is 0 Å². The molecule has 0 saturated carbocycles. The topological polar surface area (TPSA) is 114 Å². The summed E-state index contributed by atoms with van der Waals surface area (Å²) in [5.41, 5.74) is 3.69. The highest BCUT2D eigenvalue weighted by molar-refractivity contribution is 5.80. The lowest BCUT2D eigenvalue weighted by atomic mass is 9.98. The van der Waals surface area contributed by atoms with Gasteiger partial charge in [0.25, 0.3) is 0 Å². The first kappa shape index (κ1) is 24.3. The molecule has 3 N–H and O–H groups in total. The smallest absolute Gasteiger partial charge is 0.407 e. The maximum atomic E-state index is 12.5. The molecule has 3 rings (SSSR count). The molecule has 2 aromatic rings. The van der Waals surface area contributed by atoms with Crippen LogP contribution in [-0.4, -0.2) is 55.0 Å². The maximum absolute atomic E-state index is 12.5. The predicted molar refractivity (Wildman–Crippen MR) is 123 cm³/mol. The standard InChI is InChI=1S/C25H30N2O6/c1-25(2,13-22(28)26-14-16(32-3)12-23(29)30)27-24(31)33-15-21-19-10-6-4-8-17(19)18-9-5-7-11-20(18)21/h4-11,16,21H,12-15H2,1-3H3,(H,26,28)(H,27,31)(H,29,30). The van der Waals surface area contributed by atoms with Crippen molar-refractivity contribution in [3.63, 3.8) is 0 Å². The number of carbonyl (C=O) groups is 3. The Kier molecular flexibility index (Phi) is 7.71. The number of ether oxygens (including phenoxy) is 2. The van der Waals surface area contributed by atoms with E-state index in [0.29, 0.717) is 0 Å². The first-order valence-electron chi connectivity index (χ1n) is 10.8. The van der Waals surface area contributed by atoms with E-state index in [0.717, 1.165) is 22.3 Å². The fraction of sp³-hybridized carbons (Fsp3) is 0.400. The molecule has 1 unspecified atom stereocenters. The van der Waals surface area contributed by atoms with Crippen LogP contribution in [0.25, 0.3) is 11.1 Å². The number of benzene rings is 2. The van der Waals surface area contributed by atoms with Crippen molar-refractivity contribution in [3.05, 3.63) is 59.7 Å². The average Bonchev–Trinajstić information content (AvgIpc) is 3.08. The number of methoxy groups -OCH3 is 1. The van der Waals surface area contributed by atoms with Crippen molar-refractivity contribution in [2.75, 3.05) is 20.3 Å². The molecule has 0 radical (unpaired) electrons. The SMILES string of the molecule is COC(CNC(=O)CC(C)(C)NC(=O)OCC1c2ccccc2-c2ccccc21)CC(=O)O. The molecule has 8 heteroatoms. The van der Waals surface area contributed by atoms with Gasteiger partial charge in [-0.15, -0.1) is 0 Å². The summed E-state index contributed by atoms with van der Waals surface area (Å²) in [6.07, 6.45) is -1.43. The number of alkyl carbamates (subject to hydrolysis) is 1. The van der Waals surface area contributed by atoms with Gasteiger partial charge >= 0.3 is 12.1 Å². The van der Waals surface area contributed by atoms with Crippen molar-refractivity contribution in [3.8, 4) is 11.1 Å². The molecule has 0 bridgehead atoms. The molecular weight excluding hydrogens is 424 g/mol. The van der Waals surface area contributed by atoms with Gasteiger partial charge in [0.05, 0.1) is 12.5 Å². The van der Waals surface area contributed by atoms with E-state index in [-0.39, 0.29) is 37.8 Å². The van der Waals surface area contributed by atoms with Crippen LogP contribution in [0.5, 0.6) is 0 Å². The summed E-state index contributed by atoms with van der Waals surface area (Å²) in [7, 11) is 1.39. The molecule has 0 heterocycles. The minimum atomic E-state index is -1.01. The number of nitrogens with one attached hydrogen (secondary N) is 2. The van der Waals surface area contributed by atoms with Gasteiger partial charge in [-0.25, -0.2) is 4.79 Å². The zero-order chi connectivity index (χ0) is 24.0. The summed E-state index contributed by atoms with van der Waals surface area (Å²) < 4.78 is 10.6. The second kappa shape index (κ2) is 10.5.